The summed E-state index contributed by atoms with van der Waals surface area (Å²) >= 11 is 1.57. The molecular formula is C13H17NO2S. The van der Waals surface area contributed by atoms with Crippen molar-refractivity contribution in [3.8, 4) is 0 Å². The van der Waals surface area contributed by atoms with Crippen LogP contribution in [-0.4, -0.2) is 18.7 Å². The van der Waals surface area contributed by atoms with Crippen LogP contribution in [0.25, 0.3) is 0 Å². The molecule has 0 N–H and O–H groups in total. The van der Waals surface area contributed by atoms with Crippen molar-refractivity contribution in [2.45, 2.75) is 30.8 Å². The van der Waals surface area contributed by atoms with E-state index in [0.717, 1.165) is 42.3 Å². The minimum atomic E-state index is 0.0742. The van der Waals surface area contributed by atoms with Gasteiger partial charge in [0.05, 0.1) is 0 Å². The molecule has 2 rings (SSSR count). The maximum atomic E-state index is 12.0. The largest absolute Gasteiger partial charge is 0.434 e. The summed E-state index contributed by atoms with van der Waals surface area (Å²) < 4.78 is 5.75. The van der Waals surface area contributed by atoms with Crippen LogP contribution in [0, 0.1) is 0 Å². The van der Waals surface area contributed by atoms with Crippen LogP contribution in [0.1, 0.15) is 24.8 Å². The second-order valence-electron chi connectivity index (χ2n) is 4.10. The van der Waals surface area contributed by atoms with E-state index in [1.807, 2.05) is 6.26 Å². The average molecular weight is 251 g/mol. The van der Waals surface area contributed by atoms with Crippen molar-refractivity contribution in [3.63, 3.8) is 0 Å². The van der Waals surface area contributed by atoms with E-state index in [4.69, 9.17) is 4.42 Å². The molecule has 1 aromatic rings. The number of aryl methyl sites for hydroxylation is 1. The Morgan fingerprint density at radius 3 is 3.18 bits per heavy atom. The second kappa shape index (κ2) is 5.45. The highest BCUT2D eigenvalue weighted by Crippen LogP contribution is 2.33. The lowest BCUT2D eigenvalue weighted by Crippen LogP contribution is -2.30. The molecule has 1 aliphatic heterocycles. The van der Waals surface area contributed by atoms with Crippen LogP contribution < -0.4 is 4.90 Å². The van der Waals surface area contributed by atoms with E-state index < -0.39 is 0 Å². The van der Waals surface area contributed by atoms with E-state index in [9.17, 15) is 4.79 Å². The van der Waals surface area contributed by atoms with Gasteiger partial charge in [-0.2, -0.15) is 0 Å². The van der Waals surface area contributed by atoms with Gasteiger partial charge in [-0.1, -0.05) is 17.8 Å². The van der Waals surface area contributed by atoms with Gasteiger partial charge in [0, 0.05) is 18.5 Å². The molecule has 0 aliphatic carbocycles. The summed E-state index contributed by atoms with van der Waals surface area (Å²) in [7, 11) is 0. The number of hydrogen-bond donors (Lipinski definition) is 0. The molecule has 3 nitrogen and oxygen atoms in total. The minimum absolute atomic E-state index is 0.0742. The Hall–Kier alpha value is -1.16. The lowest BCUT2D eigenvalue weighted by molar-refractivity contribution is -0.118. The van der Waals surface area contributed by atoms with Gasteiger partial charge in [-0.25, -0.2) is 0 Å². The van der Waals surface area contributed by atoms with Crippen LogP contribution in [0.5, 0.6) is 0 Å². The van der Waals surface area contributed by atoms with Gasteiger partial charge >= 0.3 is 0 Å². The summed E-state index contributed by atoms with van der Waals surface area (Å²) in [5.74, 6) is 0.823. The second-order valence-corrected chi connectivity index (χ2v) is 4.91. The zero-order chi connectivity index (χ0) is 12.3. The van der Waals surface area contributed by atoms with Gasteiger partial charge in [-0.3, -0.25) is 9.69 Å². The fourth-order valence-electron chi connectivity index (χ4n) is 2.06. The molecule has 0 bridgehead atoms. The normalized spacial score (nSPS) is 15.2. The van der Waals surface area contributed by atoms with Gasteiger partial charge in [0.2, 0.25) is 11.8 Å². The van der Waals surface area contributed by atoms with E-state index in [-0.39, 0.29) is 5.91 Å². The van der Waals surface area contributed by atoms with Crippen molar-refractivity contribution in [2.75, 3.05) is 17.7 Å². The van der Waals surface area contributed by atoms with Gasteiger partial charge in [-0.05, 0) is 31.6 Å². The number of hydrogen-bond acceptors (Lipinski definition) is 3. The highest BCUT2D eigenvalue weighted by Gasteiger charge is 2.24. The van der Waals surface area contributed by atoms with Crippen LogP contribution in [0.3, 0.4) is 0 Å². The lowest BCUT2D eigenvalue weighted by atomic mass is 10.2. The summed E-state index contributed by atoms with van der Waals surface area (Å²) in [6.07, 6.45) is 7.13. The van der Waals surface area contributed by atoms with Gasteiger partial charge in [0.25, 0.3) is 0 Å². The standard InChI is InChI=1S/C13H17NO2S/c1-3-6-11(15)14-8-5-4-7-10-9-12(17-2)16-13(10)14/h3,9H,1,4-8H2,2H3. The van der Waals surface area contributed by atoms with Crippen LogP contribution in [0.4, 0.5) is 5.88 Å². The Bertz CT molecular complexity index is 425. The molecule has 2 heterocycles. The van der Waals surface area contributed by atoms with E-state index in [1.165, 1.54) is 0 Å². The Kier molecular flexibility index (Phi) is 3.94. The molecule has 17 heavy (non-hydrogen) atoms. The smallest absolute Gasteiger partial charge is 0.233 e. The number of nitrogens with zero attached hydrogens (tertiary/aromatic N) is 1. The number of anilines is 1. The third kappa shape index (κ3) is 2.57. The van der Waals surface area contributed by atoms with Crippen LogP contribution >= 0.6 is 11.8 Å². The predicted octanol–water partition coefficient (Wildman–Crippen LogP) is 3.25. The average Bonchev–Trinajstić information content (AvgIpc) is 2.63. The zero-order valence-corrected chi connectivity index (χ0v) is 10.9. The van der Waals surface area contributed by atoms with Crippen molar-refractivity contribution in [1.29, 1.82) is 0 Å². The molecule has 4 heteroatoms. The first-order chi connectivity index (χ1) is 8.26. The van der Waals surface area contributed by atoms with E-state index in [0.29, 0.717) is 6.42 Å². The molecule has 1 aliphatic rings. The third-order valence-electron chi connectivity index (χ3n) is 2.91. The van der Waals surface area contributed by atoms with E-state index in [2.05, 4.69) is 12.6 Å². The van der Waals surface area contributed by atoms with Crippen LogP contribution in [0.2, 0.25) is 0 Å². The first-order valence-corrected chi connectivity index (χ1v) is 7.06. The van der Waals surface area contributed by atoms with Crippen molar-refractivity contribution in [1.82, 2.24) is 0 Å². The Morgan fingerprint density at radius 2 is 2.47 bits per heavy atom. The van der Waals surface area contributed by atoms with Crippen molar-refractivity contribution >= 4 is 23.6 Å². The molecule has 1 aromatic heterocycles. The fourth-order valence-corrected chi connectivity index (χ4v) is 2.48. The molecule has 0 saturated heterocycles. The number of carbonyl (C=O) groups is 1. The molecular weight excluding hydrogens is 234 g/mol. The van der Waals surface area contributed by atoms with Crippen molar-refractivity contribution in [3.05, 3.63) is 24.3 Å². The molecule has 0 spiro atoms. The Labute approximate surface area is 106 Å². The number of thioether (sulfide) groups is 1. The summed E-state index contributed by atoms with van der Waals surface area (Å²) in [6.45, 7) is 4.37. The van der Waals surface area contributed by atoms with Gasteiger partial charge in [0.15, 0.2) is 5.09 Å². The molecule has 0 aromatic carbocycles. The highest BCUT2D eigenvalue weighted by molar-refractivity contribution is 7.98. The number of carbonyl (C=O) groups excluding carboxylic acids is 1. The van der Waals surface area contributed by atoms with Crippen molar-refractivity contribution < 1.29 is 9.21 Å². The van der Waals surface area contributed by atoms with Crippen molar-refractivity contribution in [2.24, 2.45) is 0 Å². The number of rotatable bonds is 3. The van der Waals surface area contributed by atoms with Gasteiger partial charge in [0.1, 0.15) is 0 Å². The summed E-state index contributed by atoms with van der Waals surface area (Å²) in [5, 5.41) is 0.883. The topological polar surface area (TPSA) is 33.5 Å². The molecule has 0 fully saturated rings. The minimum Gasteiger partial charge on any atom is -0.434 e. The number of fused-ring (bicyclic) bond motifs is 1. The number of amides is 1. The van der Waals surface area contributed by atoms with Crippen LogP contribution in [-0.2, 0) is 11.2 Å². The van der Waals surface area contributed by atoms with E-state index in [1.54, 1.807) is 22.7 Å². The summed E-state index contributed by atoms with van der Waals surface area (Å²) in [5.41, 5.74) is 1.16. The predicted molar refractivity (Wildman–Crippen MR) is 70.6 cm³/mol. The van der Waals surface area contributed by atoms with E-state index >= 15 is 0 Å². The molecule has 1 amide bonds. The summed E-state index contributed by atoms with van der Waals surface area (Å²) in [4.78, 5) is 13.8. The first kappa shape index (κ1) is 12.3. The molecule has 0 unspecified atom stereocenters. The SMILES string of the molecule is C=CCC(=O)N1CCCCc2cc(SC)oc21. The quantitative estimate of drug-likeness (QED) is 0.611. The maximum absolute atomic E-state index is 12.0. The Balaban J connectivity index is 2.31. The third-order valence-corrected chi connectivity index (χ3v) is 3.51. The fraction of sp³-hybridized carbons (Fsp3) is 0.462. The van der Waals surface area contributed by atoms with Gasteiger partial charge < -0.3 is 4.42 Å². The first-order valence-electron chi connectivity index (χ1n) is 5.84. The molecule has 0 saturated carbocycles. The molecule has 92 valence electrons. The van der Waals surface area contributed by atoms with Crippen LogP contribution in [0.15, 0.2) is 28.2 Å². The molecule has 0 atom stereocenters. The van der Waals surface area contributed by atoms with Gasteiger partial charge in [-0.15, -0.1) is 6.58 Å². The highest BCUT2D eigenvalue weighted by atomic mass is 32.2. The maximum Gasteiger partial charge on any atom is 0.233 e. The number of furan rings is 1. The Morgan fingerprint density at radius 1 is 1.65 bits per heavy atom. The lowest BCUT2D eigenvalue weighted by Gasteiger charge is -2.18. The zero-order valence-electron chi connectivity index (χ0n) is 10.1. The monoisotopic (exact) mass is 251 g/mol. The summed E-state index contributed by atoms with van der Waals surface area (Å²) in [6, 6.07) is 2.06. The molecule has 0 radical (unpaired) electrons.